The summed E-state index contributed by atoms with van der Waals surface area (Å²) in [5.41, 5.74) is 0. The van der Waals surface area contributed by atoms with Crippen LogP contribution in [-0.4, -0.2) is 45.3 Å². The molecule has 0 aliphatic carbocycles. The number of aromatic nitrogens is 2. The Morgan fingerprint density at radius 3 is 3.00 bits per heavy atom. The van der Waals surface area contributed by atoms with Gasteiger partial charge in [0.05, 0.1) is 12.4 Å². The fourth-order valence-electron chi connectivity index (χ4n) is 1.69. The maximum atomic E-state index is 9.30. The molecule has 0 spiro atoms. The van der Waals surface area contributed by atoms with Crippen molar-refractivity contribution in [3.8, 4) is 0 Å². The molecule has 4 nitrogen and oxygen atoms in total. The predicted octanol–water partition coefficient (Wildman–Crippen LogP) is -0.0503. The van der Waals surface area contributed by atoms with Crippen LogP contribution in [0.1, 0.15) is 6.42 Å². The fourth-order valence-corrected chi connectivity index (χ4v) is 1.69. The van der Waals surface area contributed by atoms with Crippen molar-refractivity contribution in [1.82, 2.24) is 14.5 Å². The molecule has 1 N–H and O–H groups in total. The van der Waals surface area contributed by atoms with Crippen LogP contribution in [0.4, 0.5) is 0 Å². The third-order valence-electron chi connectivity index (χ3n) is 2.48. The molecular weight excluding hydrogens is 166 g/mol. The summed E-state index contributed by atoms with van der Waals surface area (Å²) in [6, 6.07) is 0. The summed E-state index contributed by atoms with van der Waals surface area (Å²) in [5.74, 6) is 0. The van der Waals surface area contributed by atoms with E-state index in [1.54, 1.807) is 6.20 Å². The molecule has 2 heterocycles. The van der Waals surface area contributed by atoms with Gasteiger partial charge in [-0.1, -0.05) is 0 Å². The first-order valence-electron chi connectivity index (χ1n) is 4.71. The van der Waals surface area contributed by atoms with Crippen LogP contribution >= 0.6 is 0 Å². The third kappa shape index (κ3) is 2.29. The van der Waals surface area contributed by atoms with Gasteiger partial charge in [0, 0.05) is 38.6 Å². The van der Waals surface area contributed by atoms with Crippen molar-refractivity contribution in [2.24, 2.45) is 0 Å². The van der Waals surface area contributed by atoms with Crippen LogP contribution in [0, 0.1) is 0 Å². The second kappa shape index (κ2) is 3.89. The zero-order chi connectivity index (χ0) is 9.10. The van der Waals surface area contributed by atoms with Crippen molar-refractivity contribution in [2.75, 3.05) is 19.6 Å². The molecule has 4 heteroatoms. The normalized spacial score (nSPS) is 23.9. The first-order chi connectivity index (χ1) is 6.34. The van der Waals surface area contributed by atoms with Crippen LogP contribution < -0.4 is 0 Å². The van der Waals surface area contributed by atoms with E-state index < -0.39 is 0 Å². The summed E-state index contributed by atoms with van der Waals surface area (Å²) < 4.78 is 2.06. The van der Waals surface area contributed by atoms with Gasteiger partial charge in [-0.3, -0.25) is 4.90 Å². The van der Waals surface area contributed by atoms with Crippen LogP contribution in [0.3, 0.4) is 0 Å². The van der Waals surface area contributed by atoms with Crippen LogP contribution in [-0.2, 0) is 6.54 Å². The Hall–Kier alpha value is -0.870. The van der Waals surface area contributed by atoms with Crippen molar-refractivity contribution >= 4 is 0 Å². The van der Waals surface area contributed by atoms with Crippen LogP contribution in [0.15, 0.2) is 18.7 Å². The van der Waals surface area contributed by atoms with Crippen molar-refractivity contribution < 1.29 is 5.11 Å². The number of hydrogen-bond acceptors (Lipinski definition) is 3. The Morgan fingerprint density at radius 2 is 2.38 bits per heavy atom. The number of nitrogens with zero attached hydrogens (tertiary/aromatic N) is 3. The van der Waals surface area contributed by atoms with Gasteiger partial charge in [-0.2, -0.15) is 0 Å². The van der Waals surface area contributed by atoms with E-state index in [0.717, 1.165) is 32.6 Å². The summed E-state index contributed by atoms with van der Waals surface area (Å²) in [4.78, 5) is 6.26. The lowest BCUT2D eigenvalue weighted by Crippen LogP contribution is -2.25. The number of aliphatic hydroxyl groups excluding tert-OH is 1. The molecule has 1 saturated heterocycles. The number of β-amino-alcohol motifs (C(OH)–C–C–N with tert-alkyl or cyclic N) is 1. The summed E-state index contributed by atoms with van der Waals surface area (Å²) >= 11 is 0. The highest BCUT2D eigenvalue weighted by atomic mass is 16.3. The highest BCUT2D eigenvalue weighted by Gasteiger charge is 2.19. The molecule has 0 saturated carbocycles. The zero-order valence-electron chi connectivity index (χ0n) is 7.63. The second-order valence-electron chi connectivity index (χ2n) is 3.54. The molecule has 1 fully saturated rings. The summed E-state index contributed by atoms with van der Waals surface area (Å²) in [6.07, 6.45) is 6.39. The summed E-state index contributed by atoms with van der Waals surface area (Å²) in [7, 11) is 0. The average molecular weight is 181 g/mol. The molecule has 1 aromatic rings. The van der Waals surface area contributed by atoms with Gasteiger partial charge in [-0.05, 0) is 6.42 Å². The largest absolute Gasteiger partial charge is 0.392 e. The number of aliphatic hydroxyl groups is 1. The van der Waals surface area contributed by atoms with Crippen LogP contribution in [0.2, 0.25) is 0 Å². The maximum absolute atomic E-state index is 9.30. The smallest absolute Gasteiger partial charge is 0.0946 e. The third-order valence-corrected chi connectivity index (χ3v) is 2.48. The molecule has 1 aromatic heterocycles. The predicted molar refractivity (Wildman–Crippen MR) is 49.3 cm³/mol. The van der Waals surface area contributed by atoms with E-state index in [2.05, 4.69) is 14.5 Å². The molecule has 0 radical (unpaired) electrons. The van der Waals surface area contributed by atoms with E-state index in [1.807, 2.05) is 12.5 Å². The van der Waals surface area contributed by atoms with E-state index >= 15 is 0 Å². The maximum Gasteiger partial charge on any atom is 0.0946 e. The lowest BCUT2D eigenvalue weighted by atomic mass is 10.3. The van der Waals surface area contributed by atoms with E-state index in [-0.39, 0.29) is 6.10 Å². The number of hydrogen-bond donors (Lipinski definition) is 1. The molecule has 1 atom stereocenters. The van der Waals surface area contributed by atoms with Gasteiger partial charge in [0.2, 0.25) is 0 Å². The minimum atomic E-state index is -0.109. The van der Waals surface area contributed by atoms with Gasteiger partial charge >= 0.3 is 0 Å². The van der Waals surface area contributed by atoms with Crippen molar-refractivity contribution in [1.29, 1.82) is 0 Å². The quantitative estimate of drug-likeness (QED) is 0.711. The first kappa shape index (κ1) is 8.72. The highest BCUT2D eigenvalue weighted by Crippen LogP contribution is 2.07. The van der Waals surface area contributed by atoms with Crippen LogP contribution in [0.5, 0.6) is 0 Å². The highest BCUT2D eigenvalue weighted by molar-refractivity contribution is 4.77. The minimum Gasteiger partial charge on any atom is -0.392 e. The Balaban J connectivity index is 1.74. The average Bonchev–Trinajstić information content (AvgIpc) is 2.71. The Kier molecular flexibility index (Phi) is 2.61. The van der Waals surface area contributed by atoms with E-state index in [0.29, 0.717) is 0 Å². The lowest BCUT2D eigenvalue weighted by molar-refractivity contribution is 0.175. The first-order valence-corrected chi connectivity index (χ1v) is 4.71. The van der Waals surface area contributed by atoms with E-state index in [1.165, 1.54) is 0 Å². The molecule has 0 aromatic carbocycles. The van der Waals surface area contributed by atoms with Gasteiger partial charge < -0.3 is 9.67 Å². The number of likely N-dealkylation sites (tertiary alicyclic amines) is 1. The van der Waals surface area contributed by atoms with Crippen LogP contribution in [0.25, 0.3) is 0 Å². The van der Waals surface area contributed by atoms with Gasteiger partial charge in [-0.15, -0.1) is 0 Å². The standard InChI is InChI=1S/C9H15N3O/c13-9-1-3-11(7-9)5-6-12-4-2-10-8-12/h2,4,8-9,13H,1,3,5-7H2/t9-/m0/s1. The molecule has 72 valence electrons. The topological polar surface area (TPSA) is 41.3 Å². The zero-order valence-corrected chi connectivity index (χ0v) is 7.63. The fraction of sp³-hybridized carbons (Fsp3) is 0.667. The molecule has 0 unspecified atom stereocenters. The van der Waals surface area contributed by atoms with Crippen molar-refractivity contribution in [3.63, 3.8) is 0 Å². The van der Waals surface area contributed by atoms with Crippen molar-refractivity contribution in [3.05, 3.63) is 18.7 Å². The van der Waals surface area contributed by atoms with Gasteiger partial charge in [0.25, 0.3) is 0 Å². The SMILES string of the molecule is O[C@H]1CCN(CCn2ccnc2)C1. The monoisotopic (exact) mass is 181 g/mol. The molecule has 0 amide bonds. The minimum absolute atomic E-state index is 0.109. The van der Waals surface area contributed by atoms with Crippen molar-refractivity contribution in [2.45, 2.75) is 19.1 Å². The lowest BCUT2D eigenvalue weighted by Gasteiger charge is -2.14. The van der Waals surface area contributed by atoms with Gasteiger partial charge in [0.1, 0.15) is 0 Å². The van der Waals surface area contributed by atoms with Gasteiger partial charge in [0.15, 0.2) is 0 Å². The number of rotatable bonds is 3. The van der Waals surface area contributed by atoms with E-state index in [4.69, 9.17) is 0 Å². The molecule has 13 heavy (non-hydrogen) atoms. The second-order valence-corrected chi connectivity index (χ2v) is 3.54. The molecule has 2 rings (SSSR count). The Bertz CT molecular complexity index is 247. The molecule has 1 aliphatic rings. The van der Waals surface area contributed by atoms with E-state index in [9.17, 15) is 5.11 Å². The van der Waals surface area contributed by atoms with Gasteiger partial charge in [-0.25, -0.2) is 4.98 Å². The Morgan fingerprint density at radius 1 is 1.46 bits per heavy atom. The summed E-state index contributed by atoms with van der Waals surface area (Å²) in [6.45, 7) is 3.82. The molecular formula is C9H15N3O. The summed E-state index contributed by atoms with van der Waals surface area (Å²) in [5, 5.41) is 9.30. The molecule has 1 aliphatic heterocycles. The Labute approximate surface area is 77.8 Å². The number of imidazole rings is 1. The molecule has 0 bridgehead atoms.